The van der Waals surface area contributed by atoms with E-state index in [0.29, 0.717) is 5.56 Å². The first-order valence-electron chi connectivity index (χ1n) is 6.93. The zero-order valence-electron chi connectivity index (χ0n) is 12.9. The van der Waals surface area contributed by atoms with Gasteiger partial charge in [-0.15, -0.1) is 0 Å². The molecule has 1 amide bonds. The lowest BCUT2D eigenvalue weighted by Gasteiger charge is -2.26. The highest BCUT2D eigenvalue weighted by Gasteiger charge is 2.41. The summed E-state index contributed by atoms with van der Waals surface area (Å²) in [6.45, 7) is -0.231. The molecule has 9 nitrogen and oxygen atoms in total. The molecule has 0 spiro atoms. The molecule has 1 rings (SSSR count). The number of aromatic hydroxyl groups is 1. The van der Waals surface area contributed by atoms with Gasteiger partial charge in [0.2, 0.25) is 5.91 Å². The van der Waals surface area contributed by atoms with Gasteiger partial charge in [0.1, 0.15) is 5.75 Å². The zero-order valence-corrected chi connectivity index (χ0v) is 12.9. The first kappa shape index (κ1) is 19.4. The summed E-state index contributed by atoms with van der Waals surface area (Å²) < 4.78 is 0. The van der Waals surface area contributed by atoms with Crippen LogP contribution in [-0.2, 0) is 14.4 Å². The van der Waals surface area contributed by atoms with Crippen molar-refractivity contribution in [3.63, 3.8) is 0 Å². The van der Waals surface area contributed by atoms with Crippen molar-refractivity contribution in [2.45, 2.75) is 24.5 Å². The summed E-state index contributed by atoms with van der Waals surface area (Å²) in [4.78, 5) is 34.7. The summed E-state index contributed by atoms with van der Waals surface area (Å²) in [7, 11) is 1.28. The van der Waals surface area contributed by atoms with E-state index in [9.17, 15) is 29.7 Å². The number of hydrogen-bond donors (Lipinski definition) is 5. The van der Waals surface area contributed by atoms with Crippen LogP contribution in [0.1, 0.15) is 24.5 Å². The number of amides is 1. The van der Waals surface area contributed by atoms with Crippen LogP contribution in [0.2, 0.25) is 0 Å². The molecular weight excluding hydrogens is 322 g/mol. The Kier molecular flexibility index (Phi) is 6.27. The molecule has 0 fully saturated rings. The van der Waals surface area contributed by atoms with Gasteiger partial charge in [0.25, 0.3) is 0 Å². The fourth-order valence-electron chi connectivity index (χ4n) is 2.05. The number of carbonyl (C=O) groups excluding carboxylic acids is 1. The Morgan fingerprint density at radius 1 is 1.21 bits per heavy atom. The highest BCUT2D eigenvalue weighted by Crippen LogP contribution is 2.21. The number of carbonyl (C=O) groups is 3. The van der Waals surface area contributed by atoms with Gasteiger partial charge in [0, 0.05) is 7.05 Å². The Balaban J connectivity index is 2.76. The molecule has 132 valence electrons. The van der Waals surface area contributed by atoms with Crippen LogP contribution in [0, 0.1) is 0 Å². The van der Waals surface area contributed by atoms with Gasteiger partial charge in [0.05, 0.1) is 25.5 Å². The highest BCUT2D eigenvalue weighted by molar-refractivity contribution is 5.90. The van der Waals surface area contributed by atoms with Crippen LogP contribution in [0.4, 0.5) is 0 Å². The zero-order chi connectivity index (χ0) is 18.5. The number of carboxylic acids is 2. The van der Waals surface area contributed by atoms with E-state index in [2.05, 4.69) is 0 Å². The van der Waals surface area contributed by atoms with E-state index in [4.69, 9.17) is 10.2 Å². The van der Waals surface area contributed by atoms with E-state index in [-0.39, 0.29) is 12.3 Å². The maximum Gasteiger partial charge on any atom is 0.336 e. The largest absolute Gasteiger partial charge is 0.508 e. The smallest absolute Gasteiger partial charge is 0.336 e. The monoisotopic (exact) mass is 341 g/mol. The van der Waals surface area contributed by atoms with E-state index in [1.165, 1.54) is 31.3 Å². The van der Waals surface area contributed by atoms with Gasteiger partial charge in [-0.2, -0.15) is 0 Å². The summed E-state index contributed by atoms with van der Waals surface area (Å²) in [6.07, 6.45) is -3.22. The molecule has 0 aliphatic heterocycles. The molecule has 2 atom stereocenters. The topological polar surface area (TPSA) is 156 Å². The van der Waals surface area contributed by atoms with E-state index < -0.39 is 42.4 Å². The number of phenols is 1. The molecule has 5 N–H and O–H groups in total. The summed E-state index contributed by atoms with van der Waals surface area (Å²) in [5, 5.41) is 46.8. The maximum absolute atomic E-state index is 12.0. The summed E-state index contributed by atoms with van der Waals surface area (Å²) >= 11 is 0. The molecule has 1 aromatic carbocycles. The number of benzene rings is 1. The SMILES string of the molecule is CN(C[C@@H](O)c1cccc(O)c1)C(=O)CC(O)(CC(=O)O)C(=O)O. The van der Waals surface area contributed by atoms with Gasteiger partial charge in [-0.3, -0.25) is 9.59 Å². The number of phenolic OH excluding ortho intramolecular Hbond substituents is 1. The van der Waals surface area contributed by atoms with Gasteiger partial charge in [-0.1, -0.05) is 12.1 Å². The molecule has 0 aliphatic rings. The first-order chi connectivity index (χ1) is 11.0. The maximum atomic E-state index is 12.0. The minimum Gasteiger partial charge on any atom is -0.508 e. The second-order valence-corrected chi connectivity index (χ2v) is 5.47. The third kappa shape index (κ3) is 5.21. The van der Waals surface area contributed by atoms with Crippen molar-refractivity contribution in [3.8, 4) is 5.75 Å². The van der Waals surface area contributed by atoms with E-state index in [1.54, 1.807) is 0 Å². The van der Waals surface area contributed by atoms with Crippen LogP contribution in [0.25, 0.3) is 0 Å². The van der Waals surface area contributed by atoms with Crippen LogP contribution in [0.15, 0.2) is 24.3 Å². The molecule has 1 aromatic rings. The van der Waals surface area contributed by atoms with Crippen molar-refractivity contribution in [1.29, 1.82) is 0 Å². The first-order valence-corrected chi connectivity index (χ1v) is 6.93. The van der Waals surface area contributed by atoms with Crippen molar-refractivity contribution < 1.29 is 39.9 Å². The second kappa shape index (κ2) is 7.75. The average Bonchev–Trinajstić information content (AvgIpc) is 2.45. The van der Waals surface area contributed by atoms with Crippen molar-refractivity contribution in [3.05, 3.63) is 29.8 Å². The number of rotatable bonds is 8. The van der Waals surface area contributed by atoms with Crippen molar-refractivity contribution in [2.24, 2.45) is 0 Å². The van der Waals surface area contributed by atoms with Gasteiger partial charge >= 0.3 is 11.9 Å². The molecule has 0 aromatic heterocycles. The Hall–Kier alpha value is -2.65. The molecule has 0 radical (unpaired) electrons. The lowest BCUT2D eigenvalue weighted by Crippen LogP contribution is -2.46. The van der Waals surface area contributed by atoms with Crippen LogP contribution in [0.5, 0.6) is 5.75 Å². The summed E-state index contributed by atoms with van der Waals surface area (Å²) in [6, 6.07) is 5.75. The fraction of sp³-hybridized carbons (Fsp3) is 0.400. The number of aliphatic hydroxyl groups excluding tert-OH is 1. The van der Waals surface area contributed by atoms with Gasteiger partial charge in [-0.05, 0) is 17.7 Å². The Morgan fingerprint density at radius 3 is 2.33 bits per heavy atom. The third-order valence-electron chi connectivity index (χ3n) is 3.41. The lowest BCUT2D eigenvalue weighted by atomic mass is 9.95. The fourth-order valence-corrected chi connectivity index (χ4v) is 2.05. The highest BCUT2D eigenvalue weighted by atomic mass is 16.4. The Morgan fingerprint density at radius 2 is 1.83 bits per heavy atom. The van der Waals surface area contributed by atoms with Gasteiger partial charge in [0.15, 0.2) is 5.60 Å². The molecule has 0 saturated heterocycles. The third-order valence-corrected chi connectivity index (χ3v) is 3.41. The van der Waals surface area contributed by atoms with Crippen LogP contribution in [-0.4, -0.2) is 67.5 Å². The lowest BCUT2D eigenvalue weighted by molar-refractivity contribution is -0.169. The van der Waals surface area contributed by atoms with Crippen LogP contribution in [0.3, 0.4) is 0 Å². The summed E-state index contributed by atoms with van der Waals surface area (Å²) in [5.74, 6) is -4.29. The number of carboxylic acid groups (broad SMARTS) is 2. The average molecular weight is 341 g/mol. The number of aliphatic hydroxyl groups is 2. The number of nitrogens with zero attached hydrogens (tertiary/aromatic N) is 1. The molecular formula is C15H19NO8. The minimum atomic E-state index is -2.73. The minimum absolute atomic E-state index is 0.0674. The van der Waals surface area contributed by atoms with Crippen molar-refractivity contribution in [2.75, 3.05) is 13.6 Å². The number of likely N-dealkylation sites (N-methyl/N-ethyl adjacent to an activating group) is 1. The Bertz CT molecular complexity index is 632. The van der Waals surface area contributed by atoms with Crippen molar-refractivity contribution >= 4 is 17.8 Å². The van der Waals surface area contributed by atoms with Crippen LogP contribution < -0.4 is 0 Å². The van der Waals surface area contributed by atoms with Gasteiger partial charge < -0.3 is 30.4 Å². The quantitative estimate of drug-likeness (QED) is 0.426. The van der Waals surface area contributed by atoms with Crippen LogP contribution >= 0.6 is 0 Å². The molecule has 24 heavy (non-hydrogen) atoms. The molecule has 0 aliphatic carbocycles. The summed E-state index contributed by atoms with van der Waals surface area (Å²) in [5.41, 5.74) is -2.39. The number of aliphatic carboxylic acids is 2. The molecule has 1 unspecified atom stereocenters. The van der Waals surface area contributed by atoms with Gasteiger partial charge in [-0.25, -0.2) is 4.79 Å². The Labute approximate surface area is 137 Å². The molecule has 9 heteroatoms. The standard InChI is InChI=1S/C15H19NO8/c1-16(8-11(18)9-3-2-4-10(17)5-9)12(19)6-15(24,14(22)23)7-13(20)21/h2-5,11,17-18,24H,6-8H2,1H3,(H,20,21)(H,22,23)/t11-,15?/m1/s1. The molecule has 0 heterocycles. The molecule has 0 bridgehead atoms. The van der Waals surface area contributed by atoms with E-state index in [0.717, 1.165) is 4.90 Å². The van der Waals surface area contributed by atoms with E-state index >= 15 is 0 Å². The molecule has 0 saturated carbocycles. The number of hydrogen-bond acceptors (Lipinski definition) is 6. The predicted octanol–water partition coefficient (Wildman–Crippen LogP) is -0.436. The predicted molar refractivity (Wildman–Crippen MR) is 80.2 cm³/mol. The second-order valence-electron chi connectivity index (χ2n) is 5.47. The normalized spacial score (nSPS) is 14.5. The van der Waals surface area contributed by atoms with E-state index in [1.807, 2.05) is 0 Å². The van der Waals surface area contributed by atoms with Crippen molar-refractivity contribution in [1.82, 2.24) is 4.90 Å².